The number of amides is 1. The zero-order valence-electron chi connectivity index (χ0n) is 12.4. The van der Waals surface area contributed by atoms with Crippen LogP contribution in [0.15, 0.2) is 24.4 Å². The molecule has 1 aliphatic heterocycles. The van der Waals surface area contributed by atoms with Crippen LogP contribution in [-0.4, -0.2) is 72.3 Å². The first-order valence-corrected chi connectivity index (χ1v) is 7.24. The average Bonchev–Trinajstić information content (AvgIpc) is 2.73. The fourth-order valence-corrected chi connectivity index (χ4v) is 2.37. The van der Waals surface area contributed by atoms with Crippen LogP contribution in [0.5, 0.6) is 0 Å². The second-order valence-corrected chi connectivity index (χ2v) is 5.46. The van der Waals surface area contributed by atoms with Gasteiger partial charge in [-0.25, -0.2) is 0 Å². The number of pyridine rings is 1. The number of ether oxygens (including phenoxy) is 1. The molecule has 2 heterocycles. The molecule has 0 bridgehead atoms. The summed E-state index contributed by atoms with van der Waals surface area (Å²) in [5.74, 6) is 0.0786. The van der Waals surface area contributed by atoms with E-state index in [1.807, 2.05) is 30.1 Å². The van der Waals surface area contributed by atoms with Gasteiger partial charge >= 0.3 is 0 Å². The Labute approximate surface area is 125 Å². The van der Waals surface area contributed by atoms with E-state index < -0.39 is 0 Å². The molecule has 2 rings (SSSR count). The van der Waals surface area contributed by atoms with E-state index >= 15 is 0 Å². The third-order valence-electron chi connectivity index (χ3n) is 3.51. The maximum atomic E-state index is 12.3. The molecule has 1 aliphatic rings. The molecule has 1 N–H and O–H groups in total. The normalized spacial score (nSPS) is 19.6. The van der Waals surface area contributed by atoms with E-state index in [1.165, 1.54) is 0 Å². The van der Waals surface area contributed by atoms with Crippen molar-refractivity contribution in [3.05, 3.63) is 30.1 Å². The molecule has 1 amide bonds. The predicted octanol–water partition coefficient (Wildman–Crippen LogP) is -0.0193. The Morgan fingerprint density at radius 1 is 1.57 bits per heavy atom. The van der Waals surface area contributed by atoms with E-state index in [9.17, 15) is 9.90 Å². The molecule has 116 valence electrons. The summed E-state index contributed by atoms with van der Waals surface area (Å²) in [7, 11) is 1.91. The van der Waals surface area contributed by atoms with E-state index in [1.54, 1.807) is 11.1 Å². The highest BCUT2D eigenvalue weighted by atomic mass is 16.5. The second-order valence-electron chi connectivity index (χ2n) is 5.46. The van der Waals surface area contributed by atoms with Gasteiger partial charge in [0.05, 0.1) is 25.5 Å². The average molecular weight is 293 g/mol. The molecule has 0 radical (unpaired) electrons. The van der Waals surface area contributed by atoms with Crippen LogP contribution in [0, 0.1) is 5.92 Å². The fourth-order valence-electron chi connectivity index (χ4n) is 2.37. The standard InChI is InChI=1S/C15H23N3O3/c1-17(9-14-4-2-3-5-16-14)10-15(20)18-6-7-21-12-13(8-18)11-19/h2-5,13,19H,6-12H2,1H3/t13-/m1/s1. The first-order chi connectivity index (χ1) is 10.2. The van der Waals surface area contributed by atoms with E-state index in [0.717, 1.165) is 5.69 Å². The Morgan fingerprint density at radius 3 is 3.14 bits per heavy atom. The molecule has 1 saturated heterocycles. The highest BCUT2D eigenvalue weighted by Crippen LogP contribution is 2.08. The van der Waals surface area contributed by atoms with Crippen molar-refractivity contribution in [2.45, 2.75) is 6.54 Å². The van der Waals surface area contributed by atoms with Crippen LogP contribution in [0.1, 0.15) is 5.69 Å². The number of likely N-dealkylation sites (N-methyl/N-ethyl adjacent to an activating group) is 1. The molecular weight excluding hydrogens is 270 g/mol. The van der Waals surface area contributed by atoms with Gasteiger partial charge in [0.1, 0.15) is 0 Å². The van der Waals surface area contributed by atoms with Crippen molar-refractivity contribution in [3.63, 3.8) is 0 Å². The van der Waals surface area contributed by atoms with Gasteiger partial charge in [-0.1, -0.05) is 6.07 Å². The van der Waals surface area contributed by atoms with Gasteiger partial charge in [-0.3, -0.25) is 14.7 Å². The minimum atomic E-state index is 0.0116. The lowest BCUT2D eigenvalue weighted by molar-refractivity contribution is -0.132. The van der Waals surface area contributed by atoms with Gasteiger partial charge in [-0.2, -0.15) is 0 Å². The Morgan fingerprint density at radius 2 is 2.43 bits per heavy atom. The van der Waals surface area contributed by atoms with Crippen LogP contribution in [-0.2, 0) is 16.1 Å². The van der Waals surface area contributed by atoms with Crippen LogP contribution < -0.4 is 0 Å². The lowest BCUT2D eigenvalue weighted by Crippen LogP contribution is -2.42. The maximum absolute atomic E-state index is 12.3. The molecule has 1 aromatic heterocycles. The maximum Gasteiger partial charge on any atom is 0.236 e. The van der Waals surface area contributed by atoms with Crippen LogP contribution in [0.2, 0.25) is 0 Å². The summed E-state index contributed by atoms with van der Waals surface area (Å²) in [6.45, 7) is 3.23. The third kappa shape index (κ3) is 5.08. The molecule has 21 heavy (non-hydrogen) atoms. The summed E-state index contributed by atoms with van der Waals surface area (Å²) >= 11 is 0. The van der Waals surface area contributed by atoms with Crippen LogP contribution in [0.4, 0.5) is 0 Å². The van der Waals surface area contributed by atoms with Crippen molar-refractivity contribution < 1.29 is 14.6 Å². The van der Waals surface area contributed by atoms with Gasteiger partial charge in [0.25, 0.3) is 0 Å². The van der Waals surface area contributed by atoms with Crippen molar-refractivity contribution in [3.8, 4) is 0 Å². The summed E-state index contributed by atoms with van der Waals surface area (Å²) in [6, 6.07) is 5.76. The summed E-state index contributed by atoms with van der Waals surface area (Å²) in [4.78, 5) is 20.3. The van der Waals surface area contributed by atoms with Crippen molar-refractivity contribution in [1.82, 2.24) is 14.8 Å². The topological polar surface area (TPSA) is 65.9 Å². The van der Waals surface area contributed by atoms with Crippen LogP contribution >= 0.6 is 0 Å². The van der Waals surface area contributed by atoms with E-state index in [0.29, 0.717) is 39.4 Å². The van der Waals surface area contributed by atoms with Gasteiger partial charge in [-0.15, -0.1) is 0 Å². The fraction of sp³-hybridized carbons (Fsp3) is 0.600. The number of nitrogens with zero attached hydrogens (tertiary/aromatic N) is 3. The summed E-state index contributed by atoms with van der Waals surface area (Å²) < 4.78 is 5.40. The van der Waals surface area contributed by atoms with Gasteiger partial charge in [-0.05, 0) is 19.2 Å². The molecule has 1 aromatic rings. The Kier molecular flexibility index (Phi) is 6.10. The molecule has 0 unspecified atom stereocenters. The number of aliphatic hydroxyl groups excluding tert-OH is 1. The van der Waals surface area contributed by atoms with Crippen molar-refractivity contribution in [1.29, 1.82) is 0 Å². The summed E-state index contributed by atoms with van der Waals surface area (Å²) in [5.41, 5.74) is 0.945. The number of carbonyl (C=O) groups excluding carboxylic acids is 1. The smallest absolute Gasteiger partial charge is 0.236 e. The lowest BCUT2D eigenvalue weighted by Gasteiger charge is -2.25. The van der Waals surface area contributed by atoms with Gasteiger partial charge in [0.15, 0.2) is 0 Å². The number of hydrogen-bond acceptors (Lipinski definition) is 5. The molecular formula is C15H23N3O3. The van der Waals surface area contributed by atoms with Crippen molar-refractivity contribution in [2.24, 2.45) is 5.92 Å². The number of aliphatic hydroxyl groups is 1. The minimum absolute atomic E-state index is 0.0116. The molecule has 0 aromatic carbocycles. The van der Waals surface area contributed by atoms with Crippen LogP contribution in [0.3, 0.4) is 0 Å². The molecule has 1 atom stereocenters. The van der Waals surface area contributed by atoms with Gasteiger partial charge in [0.2, 0.25) is 5.91 Å². The summed E-state index contributed by atoms with van der Waals surface area (Å²) in [5, 5.41) is 9.26. The molecule has 0 aliphatic carbocycles. The molecule has 6 heteroatoms. The third-order valence-corrected chi connectivity index (χ3v) is 3.51. The van der Waals surface area contributed by atoms with Crippen LogP contribution in [0.25, 0.3) is 0 Å². The Balaban J connectivity index is 1.84. The van der Waals surface area contributed by atoms with Crippen molar-refractivity contribution in [2.75, 3.05) is 46.5 Å². The Hall–Kier alpha value is -1.50. The quantitative estimate of drug-likeness (QED) is 0.826. The SMILES string of the molecule is CN(CC(=O)N1CCOC[C@@H](CO)C1)Cc1ccccn1. The van der Waals surface area contributed by atoms with E-state index in [2.05, 4.69) is 4.98 Å². The van der Waals surface area contributed by atoms with Gasteiger partial charge < -0.3 is 14.7 Å². The number of aromatic nitrogens is 1. The number of carbonyl (C=O) groups is 1. The molecule has 1 fully saturated rings. The zero-order valence-corrected chi connectivity index (χ0v) is 12.4. The second kappa shape index (κ2) is 8.07. The first kappa shape index (κ1) is 15.9. The Bertz CT molecular complexity index is 441. The first-order valence-electron chi connectivity index (χ1n) is 7.24. The molecule has 6 nitrogen and oxygen atoms in total. The highest BCUT2D eigenvalue weighted by Gasteiger charge is 2.22. The van der Waals surface area contributed by atoms with Crippen molar-refractivity contribution >= 4 is 5.91 Å². The minimum Gasteiger partial charge on any atom is -0.396 e. The lowest BCUT2D eigenvalue weighted by atomic mass is 10.1. The number of rotatable bonds is 5. The highest BCUT2D eigenvalue weighted by molar-refractivity contribution is 5.78. The monoisotopic (exact) mass is 293 g/mol. The summed E-state index contributed by atoms with van der Waals surface area (Å²) in [6.07, 6.45) is 1.75. The largest absolute Gasteiger partial charge is 0.396 e. The number of hydrogen-bond donors (Lipinski definition) is 1. The predicted molar refractivity (Wildman–Crippen MR) is 78.5 cm³/mol. The molecule has 0 spiro atoms. The van der Waals surface area contributed by atoms with E-state index in [4.69, 9.17) is 4.74 Å². The van der Waals surface area contributed by atoms with Gasteiger partial charge in [0, 0.05) is 38.4 Å². The molecule has 0 saturated carbocycles. The van der Waals surface area contributed by atoms with E-state index in [-0.39, 0.29) is 18.4 Å². The zero-order chi connectivity index (χ0) is 15.1.